The van der Waals surface area contributed by atoms with Gasteiger partial charge in [-0.15, -0.1) is 0 Å². The molecule has 1 saturated carbocycles. The molecule has 1 fully saturated rings. The molecule has 0 spiro atoms. The minimum Gasteiger partial charge on any atom is -0.391 e. The first-order valence-corrected chi connectivity index (χ1v) is 5.65. The summed E-state index contributed by atoms with van der Waals surface area (Å²) in [5.74, 6) is 0. The Morgan fingerprint density at radius 2 is 2.20 bits per heavy atom. The average molecular weight is 212 g/mol. The van der Waals surface area contributed by atoms with E-state index in [0.717, 1.165) is 32.2 Å². The highest BCUT2D eigenvalue weighted by Crippen LogP contribution is 2.22. The Hall–Kier alpha value is -0.770. The molecule has 2 atom stereocenters. The van der Waals surface area contributed by atoms with Crippen LogP contribution in [-0.2, 0) is 0 Å². The Labute approximate surface area is 90.7 Å². The zero-order chi connectivity index (χ0) is 11.1. The van der Waals surface area contributed by atoms with E-state index in [2.05, 4.69) is 14.9 Å². The average Bonchev–Trinajstić information content (AvgIpc) is 2.25. The highest BCUT2D eigenvalue weighted by Gasteiger charge is 2.25. The van der Waals surface area contributed by atoms with Crippen LogP contribution in [0.5, 0.6) is 0 Å². The molecule has 0 aromatic rings. The molecule has 1 N–H and O–H groups in total. The number of hydrogen-bond acceptors (Lipinski definition) is 3. The molecule has 0 aromatic carbocycles. The van der Waals surface area contributed by atoms with Crippen molar-refractivity contribution in [1.29, 1.82) is 0 Å². The molecule has 0 heterocycles. The van der Waals surface area contributed by atoms with Gasteiger partial charge in [0.2, 0.25) is 0 Å². The van der Waals surface area contributed by atoms with Crippen LogP contribution in [0.4, 0.5) is 0 Å². The SMILES string of the molecule is CN(CCCN=[N+]=[N-])C1CCCCC1O. The summed E-state index contributed by atoms with van der Waals surface area (Å²) in [5, 5.41) is 13.3. The number of aliphatic hydroxyl groups excluding tert-OH is 1. The van der Waals surface area contributed by atoms with Gasteiger partial charge in [0, 0.05) is 17.5 Å². The van der Waals surface area contributed by atoms with Crippen LogP contribution in [0.1, 0.15) is 32.1 Å². The molecule has 15 heavy (non-hydrogen) atoms. The molecule has 0 aromatic heterocycles. The van der Waals surface area contributed by atoms with Gasteiger partial charge in [-0.2, -0.15) is 0 Å². The van der Waals surface area contributed by atoms with Crippen molar-refractivity contribution in [2.75, 3.05) is 20.1 Å². The van der Waals surface area contributed by atoms with E-state index in [4.69, 9.17) is 5.53 Å². The first-order chi connectivity index (χ1) is 7.25. The number of likely N-dealkylation sites (N-methyl/N-ethyl adjacent to an activating group) is 1. The number of azide groups is 1. The maximum atomic E-state index is 9.82. The van der Waals surface area contributed by atoms with E-state index >= 15 is 0 Å². The lowest BCUT2D eigenvalue weighted by Gasteiger charge is -2.35. The molecule has 0 radical (unpaired) electrons. The molecule has 1 rings (SSSR count). The zero-order valence-corrected chi connectivity index (χ0v) is 9.34. The summed E-state index contributed by atoms with van der Waals surface area (Å²) < 4.78 is 0. The fourth-order valence-electron chi connectivity index (χ4n) is 2.21. The number of nitrogens with zero attached hydrogens (tertiary/aromatic N) is 4. The van der Waals surface area contributed by atoms with Crippen LogP contribution in [0.15, 0.2) is 5.11 Å². The standard InChI is InChI=1S/C10H20N4O/c1-14(8-4-7-12-13-11)9-5-2-3-6-10(9)15/h9-10,15H,2-8H2,1H3. The van der Waals surface area contributed by atoms with E-state index in [0.29, 0.717) is 12.6 Å². The molecular formula is C10H20N4O. The summed E-state index contributed by atoms with van der Waals surface area (Å²) in [6, 6.07) is 0.296. The van der Waals surface area contributed by atoms with Crippen molar-refractivity contribution in [3.8, 4) is 0 Å². The van der Waals surface area contributed by atoms with Gasteiger partial charge in [0.1, 0.15) is 0 Å². The van der Waals surface area contributed by atoms with E-state index in [1.165, 1.54) is 6.42 Å². The monoisotopic (exact) mass is 212 g/mol. The normalized spacial score (nSPS) is 26.3. The maximum Gasteiger partial charge on any atom is 0.0695 e. The van der Waals surface area contributed by atoms with Crippen molar-refractivity contribution in [2.45, 2.75) is 44.2 Å². The van der Waals surface area contributed by atoms with E-state index in [1.807, 2.05) is 7.05 Å². The largest absolute Gasteiger partial charge is 0.391 e. The Kier molecular flexibility index (Phi) is 5.47. The van der Waals surface area contributed by atoms with Crippen LogP contribution < -0.4 is 0 Å². The first kappa shape index (κ1) is 12.3. The topological polar surface area (TPSA) is 72.2 Å². The summed E-state index contributed by atoms with van der Waals surface area (Å²) in [7, 11) is 2.04. The third-order valence-electron chi connectivity index (χ3n) is 3.09. The summed E-state index contributed by atoms with van der Waals surface area (Å²) in [4.78, 5) is 4.91. The Bertz CT molecular complexity index is 227. The molecule has 1 aliphatic rings. The molecule has 0 amide bonds. The summed E-state index contributed by atoms with van der Waals surface area (Å²) in [6.45, 7) is 1.43. The molecule has 86 valence electrons. The van der Waals surface area contributed by atoms with E-state index < -0.39 is 0 Å². The highest BCUT2D eigenvalue weighted by atomic mass is 16.3. The van der Waals surface area contributed by atoms with Gasteiger partial charge in [-0.1, -0.05) is 18.0 Å². The quantitative estimate of drug-likeness (QED) is 0.327. The molecule has 2 unspecified atom stereocenters. The molecule has 0 bridgehead atoms. The molecule has 1 aliphatic carbocycles. The van der Waals surface area contributed by atoms with Crippen molar-refractivity contribution in [2.24, 2.45) is 5.11 Å². The minimum atomic E-state index is -0.178. The van der Waals surface area contributed by atoms with Crippen molar-refractivity contribution >= 4 is 0 Å². The molecule has 0 aliphatic heterocycles. The molecule has 5 heteroatoms. The van der Waals surface area contributed by atoms with Crippen LogP contribution in [0.3, 0.4) is 0 Å². The van der Waals surface area contributed by atoms with Crippen molar-refractivity contribution in [3.63, 3.8) is 0 Å². The van der Waals surface area contributed by atoms with Crippen molar-refractivity contribution in [1.82, 2.24) is 4.90 Å². The van der Waals surface area contributed by atoms with Gasteiger partial charge in [0.05, 0.1) is 6.10 Å². The maximum absolute atomic E-state index is 9.82. The summed E-state index contributed by atoms with van der Waals surface area (Å²) in [6.07, 6.45) is 5.05. The molecular weight excluding hydrogens is 192 g/mol. The van der Waals surface area contributed by atoms with Gasteiger partial charge in [0.25, 0.3) is 0 Å². The summed E-state index contributed by atoms with van der Waals surface area (Å²) in [5.41, 5.74) is 8.13. The van der Waals surface area contributed by atoms with Gasteiger partial charge in [-0.25, -0.2) is 0 Å². The molecule has 5 nitrogen and oxygen atoms in total. The number of aliphatic hydroxyl groups is 1. The Morgan fingerprint density at radius 1 is 1.47 bits per heavy atom. The number of rotatable bonds is 5. The second kappa shape index (κ2) is 6.67. The highest BCUT2D eigenvalue weighted by molar-refractivity contribution is 4.81. The lowest BCUT2D eigenvalue weighted by atomic mass is 9.91. The second-order valence-electron chi connectivity index (χ2n) is 4.21. The fourth-order valence-corrected chi connectivity index (χ4v) is 2.21. The molecule has 0 saturated heterocycles. The second-order valence-corrected chi connectivity index (χ2v) is 4.21. The van der Waals surface area contributed by atoms with Crippen LogP contribution >= 0.6 is 0 Å². The minimum absolute atomic E-state index is 0.178. The predicted molar refractivity (Wildman–Crippen MR) is 59.5 cm³/mol. The van der Waals surface area contributed by atoms with Crippen LogP contribution in [-0.4, -0.2) is 42.3 Å². The third-order valence-corrected chi connectivity index (χ3v) is 3.09. The van der Waals surface area contributed by atoms with E-state index in [9.17, 15) is 5.11 Å². The predicted octanol–water partition coefficient (Wildman–Crippen LogP) is 1.92. The zero-order valence-electron chi connectivity index (χ0n) is 9.34. The fraction of sp³-hybridized carbons (Fsp3) is 1.00. The van der Waals surface area contributed by atoms with Crippen molar-refractivity contribution in [3.05, 3.63) is 10.4 Å². The smallest absolute Gasteiger partial charge is 0.0695 e. The van der Waals surface area contributed by atoms with E-state index in [-0.39, 0.29) is 6.10 Å². The lowest BCUT2D eigenvalue weighted by molar-refractivity contribution is 0.0321. The van der Waals surface area contributed by atoms with Crippen LogP contribution in [0.25, 0.3) is 10.4 Å². The Morgan fingerprint density at radius 3 is 2.87 bits per heavy atom. The van der Waals surface area contributed by atoms with Gasteiger partial charge < -0.3 is 10.0 Å². The van der Waals surface area contributed by atoms with Gasteiger partial charge in [-0.3, -0.25) is 0 Å². The number of hydrogen-bond donors (Lipinski definition) is 1. The third kappa shape index (κ3) is 4.08. The first-order valence-electron chi connectivity index (χ1n) is 5.65. The lowest BCUT2D eigenvalue weighted by Crippen LogP contribution is -2.43. The van der Waals surface area contributed by atoms with E-state index in [1.54, 1.807) is 0 Å². The van der Waals surface area contributed by atoms with Crippen molar-refractivity contribution < 1.29 is 5.11 Å². The Balaban J connectivity index is 2.25. The summed E-state index contributed by atoms with van der Waals surface area (Å²) >= 11 is 0. The van der Waals surface area contributed by atoms with Gasteiger partial charge in [0.15, 0.2) is 0 Å². The van der Waals surface area contributed by atoms with Crippen LogP contribution in [0, 0.1) is 0 Å². The van der Waals surface area contributed by atoms with Gasteiger partial charge >= 0.3 is 0 Å². The van der Waals surface area contributed by atoms with Crippen LogP contribution in [0.2, 0.25) is 0 Å². The van der Waals surface area contributed by atoms with Gasteiger partial charge in [-0.05, 0) is 38.4 Å².